The summed E-state index contributed by atoms with van der Waals surface area (Å²) in [6.45, 7) is 2.80. The minimum absolute atomic E-state index is 0.168. The van der Waals surface area contributed by atoms with Gasteiger partial charge >= 0.3 is 6.03 Å². The van der Waals surface area contributed by atoms with Crippen LogP contribution < -0.4 is 9.62 Å². The van der Waals surface area contributed by atoms with Crippen molar-refractivity contribution in [2.24, 2.45) is 0 Å². The van der Waals surface area contributed by atoms with Gasteiger partial charge in [0.25, 0.3) is 0 Å². The number of likely N-dealkylation sites (tertiary alicyclic amines) is 1. The van der Waals surface area contributed by atoms with Crippen LogP contribution in [-0.4, -0.2) is 83.0 Å². The zero-order valence-corrected chi connectivity index (χ0v) is 16.2. The number of fused-ring (bicyclic) bond motifs is 1. The number of sulfonamides is 1. The van der Waals surface area contributed by atoms with E-state index in [4.69, 9.17) is 4.74 Å². The second-order valence-corrected chi connectivity index (χ2v) is 8.88. The van der Waals surface area contributed by atoms with Crippen molar-refractivity contribution in [2.75, 3.05) is 56.2 Å². The summed E-state index contributed by atoms with van der Waals surface area (Å²) >= 11 is 0. The predicted molar refractivity (Wildman–Crippen MR) is 101 cm³/mol. The first-order chi connectivity index (χ1) is 12.3. The third-order valence-electron chi connectivity index (χ3n) is 5.13. The Kier molecular flexibility index (Phi) is 5.40. The Balaban J connectivity index is 1.73. The number of hydrogen-bond donors (Lipinski definition) is 1. The number of anilines is 2. The molecule has 2 heterocycles. The average molecular weight is 382 g/mol. The SMILES string of the molecule is CN1CCOC2CCN(C(=O)Nc3ccccc3N(C)S(C)(=O)=O)CC21. The van der Waals surface area contributed by atoms with Gasteiger partial charge in [0.2, 0.25) is 10.0 Å². The largest absolute Gasteiger partial charge is 0.375 e. The number of nitrogens with one attached hydrogen (secondary N) is 1. The van der Waals surface area contributed by atoms with Crippen molar-refractivity contribution in [1.82, 2.24) is 9.80 Å². The number of rotatable bonds is 3. The van der Waals surface area contributed by atoms with Crippen LogP contribution in [0.1, 0.15) is 6.42 Å². The maximum absolute atomic E-state index is 12.8. The molecule has 144 valence electrons. The molecular weight excluding hydrogens is 356 g/mol. The fourth-order valence-electron chi connectivity index (χ4n) is 3.45. The summed E-state index contributed by atoms with van der Waals surface area (Å²) in [5.74, 6) is 0. The summed E-state index contributed by atoms with van der Waals surface area (Å²) in [5.41, 5.74) is 0.914. The Morgan fingerprint density at radius 1 is 1.31 bits per heavy atom. The van der Waals surface area contributed by atoms with Crippen LogP contribution in [0.3, 0.4) is 0 Å². The number of nitrogens with zero attached hydrogens (tertiary/aromatic N) is 3. The predicted octanol–water partition coefficient (Wildman–Crippen LogP) is 1.02. The highest BCUT2D eigenvalue weighted by molar-refractivity contribution is 7.92. The Bertz CT molecular complexity index is 770. The minimum atomic E-state index is -3.42. The molecule has 2 unspecified atom stereocenters. The van der Waals surface area contributed by atoms with Crippen LogP contribution in [0.2, 0.25) is 0 Å². The topological polar surface area (TPSA) is 82.2 Å². The number of carbonyl (C=O) groups is 1. The van der Waals surface area contributed by atoms with Gasteiger partial charge in [-0.2, -0.15) is 0 Å². The maximum atomic E-state index is 12.8. The summed E-state index contributed by atoms with van der Waals surface area (Å²) in [5, 5.41) is 2.87. The Morgan fingerprint density at radius 2 is 2.04 bits per heavy atom. The van der Waals surface area contributed by atoms with Crippen molar-refractivity contribution in [3.05, 3.63) is 24.3 Å². The zero-order valence-electron chi connectivity index (χ0n) is 15.4. The highest BCUT2D eigenvalue weighted by atomic mass is 32.2. The van der Waals surface area contributed by atoms with Crippen molar-refractivity contribution >= 4 is 27.4 Å². The molecule has 0 spiro atoms. The van der Waals surface area contributed by atoms with Gasteiger partial charge < -0.3 is 15.0 Å². The van der Waals surface area contributed by atoms with Gasteiger partial charge in [-0.1, -0.05) is 12.1 Å². The van der Waals surface area contributed by atoms with Crippen molar-refractivity contribution in [3.8, 4) is 0 Å². The number of likely N-dealkylation sites (N-methyl/N-ethyl adjacent to an activating group) is 1. The molecule has 26 heavy (non-hydrogen) atoms. The summed E-state index contributed by atoms with van der Waals surface area (Å²) in [7, 11) is 0.109. The van der Waals surface area contributed by atoms with Crippen LogP contribution >= 0.6 is 0 Å². The molecule has 0 aromatic heterocycles. The molecule has 2 atom stereocenters. The van der Waals surface area contributed by atoms with E-state index >= 15 is 0 Å². The lowest BCUT2D eigenvalue weighted by Gasteiger charge is -2.45. The van der Waals surface area contributed by atoms with Gasteiger partial charge in [0.15, 0.2) is 0 Å². The summed E-state index contributed by atoms with van der Waals surface area (Å²) < 4.78 is 30.7. The number of urea groups is 1. The van der Waals surface area contributed by atoms with E-state index < -0.39 is 10.0 Å². The second-order valence-electron chi connectivity index (χ2n) is 6.87. The molecule has 1 N–H and O–H groups in total. The van der Waals surface area contributed by atoms with Gasteiger partial charge in [0.1, 0.15) is 0 Å². The average Bonchev–Trinajstić information content (AvgIpc) is 2.61. The van der Waals surface area contributed by atoms with E-state index in [9.17, 15) is 13.2 Å². The molecule has 2 aliphatic rings. The minimum Gasteiger partial charge on any atom is -0.375 e. The van der Waals surface area contributed by atoms with E-state index in [2.05, 4.69) is 17.3 Å². The fraction of sp³-hybridized carbons (Fsp3) is 0.588. The van der Waals surface area contributed by atoms with Crippen molar-refractivity contribution in [1.29, 1.82) is 0 Å². The van der Waals surface area contributed by atoms with Crippen LogP contribution in [0.25, 0.3) is 0 Å². The van der Waals surface area contributed by atoms with Gasteiger partial charge in [0.05, 0.1) is 36.4 Å². The molecule has 3 rings (SSSR count). The number of hydrogen-bond acceptors (Lipinski definition) is 5. The first-order valence-electron chi connectivity index (χ1n) is 8.68. The van der Waals surface area contributed by atoms with Crippen LogP contribution in [0.5, 0.6) is 0 Å². The first kappa shape index (κ1) is 18.9. The number of morpholine rings is 1. The number of ether oxygens (including phenoxy) is 1. The monoisotopic (exact) mass is 382 g/mol. The molecule has 0 bridgehead atoms. The molecule has 2 fully saturated rings. The molecule has 1 aromatic rings. The number of benzene rings is 1. The Hall–Kier alpha value is -1.84. The second kappa shape index (κ2) is 7.42. The number of para-hydroxylation sites is 2. The molecule has 2 amide bonds. The highest BCUT2D eigenvalue weighted by Gasteiger charge is 2.37. The van der Waals surface area contributed by atoms with Gasteiger partial charge in [-0.25, -0.2) is 13.2 Å². The van der Waals surface area contributed by atoms with Crippen molar-refractivity contribution in [3.63, 3.8) is 0 Å². The molecule has 0 saturated carbocycles. The van der Waals surface area contributed by atoms with Gasteiger partial charge in [0, 0.05) is 26.7 Å². The van der Waals surface area contributed by atoms with Gasteiger partial charge in [-0.3, -0.25) is 9.21 Å². The molecule has 0 aliphatic carbocycles. The van der Waals surface area contributed by atoms with E-state index in [1.165, 1.54) is 7.05 Å². The standard InChI is InChI=1S/C17H26N4O4S/c1-19-10-11-25-16-8-9-21(12-15(16)19)17(22)18-13-6-4-5-7-14(13)20(2)26(3,23)24/h4-7,15-16H,8-12H2,1-3H3,(H,18,22). The van der Waals surface area contributed by atoms with Gasteiger partial charge in [-0.05, 0) is 25.6 Å². The maximum Gasteiger partial charge on any atom is 0.321 e. The Labute approximate surface area is 154 Å². The smallest absolute Gasteiger partial charge is 0.321 e. The number of amides is 2. The summed E-state index contributed by atoms with van der Waals surface area (Å²) in [4.78, 5) is 16.8. The van der Waals surface area contributed by atoms with Crippen LogP contribution in [0, 0.1) is 0 Å². The quantitative estimate of drug-likeness (QED) is 0.844. The lowest BCUT2D eigenvalue weighted by Crippen LogP contribution is -2.60. The highest BCUT2D eigenvalue weighted by Crippen LogP contribution is 2.28. The normalized spacial score (nSPS) is 24.0. The molecule has 9 heteroatoms. The van der Waals surface area contributed by atoms with E-state index in [-0.39, 0.29) is 18.2 Å². The van der Waals surface area contributed by atoms with Crippen molar-refractivity contribution in [2.45, 2.75) is 18.6 Å². The van der Waals surface area contributed by atoms with Crippen LogP contribution in [0.4, 0.5) is 16.2 Å². The Morgan fingerprint density at radius 3 is 2.77 bits per heavy atom. The number of piperidine rings is 1. The lowest BCUT2D eigenvalue weighted by molar-refractivity contribution is -0.0875. The molecule has 2 aliphatic heterocycles. The first-order valence-corrected chi connectivity index (χ1v) is 10.5. The molecule has 2 saturated heterocycles. The van der Waals surface area contributed by atoms with Crippen LogP contribution in [-0.2, 0) is 14.8 Å². The van der Waals surface area contributed by atoms with E-state index in [0.717, 1.165) is 30.1 Å². The van der Waals surface area contributed by atoms with E-state index in [1.807, 2.05) is 0 Å². The zero-order chi connectivity index (χ0) is 18.9. The lowest BCUT2D eigenvalue weighted by atomic mass is 9.99. The third kappa shape index (κ3) is 3.94. The fourth-order valence-corrected chi connectivity index (χ4v) is 3.97. The van der Waals surface area contributed by atoms with Crippen LogP contribution in [0.15, 0.2) is 24.3 Å². The van der Waals surface area contributed by atoms with E-state index in [1.54, 1.807) is 29.2 Å². The number of carbonyl (C=O) groups excluding carboxylic acids is 1. The van der Waals surface area contributed by atoms with Gasteiger partial charge in [-0.15, -0.1) is 0 Å². The third-order valence-corrected chi connectivity index (χ3v) is 6.32. The molecule has 1 aromatic carbocycles. The summed E-state index contributed by atoms with van der Waals surface area (Å²) in [6.07, 6.45) is 2.10. The van der Waals surface area contributed by atoms with Crippen molar-refractivity contribution < 1.29 is 17.9 Å². The van der Waals surface area contributed by atoms with E-state index in [0.29, 0.717) is 24.5 Å². The molecular formula is C17H26N4O4S. The summed E-state index contributed by atoms with van der Waals surface area (Å²) in [6, 6.07) is 6.86. The molecule has 0 radical (unpaired) electrons. The molecule has 8 nitrogen and oxygen atoms in total.